The normalized spacial score (nSPS) is 16.1. The molecule has 0 saturated heterocycles. The monoisotopic (exact) mass is 404 g/mol. The Kier molecular flexibility index (Phi) is 6.63. The van der Waals surface area contributed by atoms with Crippen molar-refractivity contribution in [1.82, 2.24) is 0 Å². The van der Waals surface area contributed by atoms with Crippen molar-refractivity contribution in [3.8, 4) is 17.9 Å². The van der Waals surface area contributed by atoms with Gasteiger partial charge in [-0.3, -0.25) is 4.79 Å². The predicted octanol–water partition coefficient (Wildman–Crippen LogP) is 6.10. The second-order valence-corrected chi connectivity index (χ2v) is 8.32. The summed E-state index contributed by atoms with van der Waals surface area (Å²) >= 11 is 6.13. The molecule has 148 valence electrons. The molecular formula is C25H25ClN2O. The average molecular weight is 405 g/mol. The van der Waals surface area contributed by atoms with Gasteiger partial charge in [0, 0.05) is 11.3 Å². The Bertz CT molecular complexity index is 988. The molecule has 0 bridgehead atoms. The molecule has 2 aromatic rings. The summed E-state index contributed by atoms with van der Waals surface area (Å²) in [4.78, 5) is 13.4. The number of nitrogens with one attached hydrogen (secondary N) is 1. The first-order valence-corrected chi connectivity index (χ1v) is 10.4. The summed E-state index contributed by atoms with van der Waals surface area (Å²) in [7, 11) is 0. The van der Waals surface area contributed by atoms with Gasteiger partial charge >= 0.3 is 0 Å². The van der Waals surface area contributed by atoms with E-state index in [0.29, 0.717) is 16.3 Å². The molecule has 1 aliphatic rings. The first-order valence-electron chi connectivity index (χ1n) is 10.0. The summed E-state index contributed by atoms with van der Waals surface area (Å²) in [5.74, 6) is 6.63. The number of halogens is 1. The highest BCUT2D eigenvalue weighted by Crippen LogP contribution is 2.39. The lowest BCUT2D eigenvalue weighted by molar-refractivity contribution is -0.124. The number of rotatable bonds is 3. The van der Waals surface area contributed by atoms with Crippen LogP contribution >= 0.6 is 11.6 Å². The van der Waals surface area contributed by atoms with Crippen LogP contribution < -0.4 is 5.32 Å². The van der Waals surface area contributed by atoms with E-state index in [1.165, 1.54) is 12.0 Å². The topological polar surface area (TPSA) is 52.9 Å². The Labute approximate surface area is 178 Å². The van der Waals surface area contributed by atoms with Crippen molar-refractivity contribution >= 4 is 23.2 Å². The Morgan fingerprint density at radius 3 is 2.45 bits per heavy atom. The largest absolute Gasteiger partial charge is 0.325 e. The van der Waals surface area contributed by atoms with Gasteiger partial charge in [-0.05, 0) is 62.9 Å². The number of aryl methyl sites for hydroxylation is 1. The highest BCUT2D eigenvalue weighted by Gasteiger charge is 2.40. The van der Waals surface area contributed by atoms with Crippen LogP contribution in [0.1, 0.15) is 55.7 Å². The number of nitrogens with zero attached hydrogens (tertiary/aromatic N) is 1. The smallest absolute Gasteiger partial charge is 0.242 e. The van der Waals surface area contributed by atoms with E-state index in [1.807, 2.05) is 44.2 Å². The number of nitriles is 1. The summed E-state index contributed by atoms with van der Waals surface area (Å²) in [6, 6.07) is 15.0. The number of carbonyl (C=O) groups excluding carboxylic acids is 1. The molecule has 0 heterocycles. The maximum atomic E-state index is 13.4. The minimum atomic E-state index is -0.800. The fourth-order valence-electron chi connectivity index (χ4n) is 3.81. The number of benzene rings is 2. The molecule has 3 nitrogen and oxygen atoms in total. The summed E-state index contributed by atoms with van der Waals surface area (Å²) in [5, 5.41) is 12.4. The van der Waals surface area contributed by atoms with Crippen molar-refractivity contribution in [2.45, 2.75) is 46.0 Å². The molecule has 3 rings (SSSR count). The molecular weight excluding hydrogens is 380 g/mol. The van der Waals surface area contributed by atoms with Crippen LogP contribution in [0.4, 0.5) is 5.69 Å². The minimum Gasteiger partial charge on any atom is -0.325 e. The molecule has 1 aliphatic carbocycles. The van der Waals surface area contributed by atoms with Gasteiger partial charge in [-0.15, -0.1) is 0 Å². The van der Waals surface area contributed by atoms with Gasteiger partial charge < -0.3 is 5.32 Å². The van der Waals surface area contributed by atoms with Crippen LogP contribution in [0.5, 0.6) is 0 Å². The van der Waals surface area contributed by atoms with E-state index >= 15 is 0 Å². The van der Waals surface area contributed by atoms with Crippen LogP contribution in [0, 0.1) is 41.4 Å². The van der Waals surface area contributed by atoms with Crippen molar-refractivity contribution in [2.75, 3.05) is 5.32 Å². The van der Waals surface area contributed by atoms with Crippen LogP contribution in [-0.4, -0.2) is 5.91 Å². The van der Waals surface area contributed by atoms with Gasteiger partial charge in [-0.2, -0.15) is 5.26 Å². The SMILES string of the molecule is Cc1ccc(C#CC(C)(C(=O)Nc2ccc(C#N)c(Cl)c2)C2CCCCC2)cc1. The quantitative estimate of drug-likeness (QED) is 0.628. The molecule has 29 heavy (non-hydrogen) atoms. The van der Waals surface area contributed by atoms with Crippen LogP contribution in [0.2, 0.25) is 5.02 Å². The second kappa shape index (κ2) is 9.17. The number of hydrogen-bond acceptors (Lipinski definition) is 2. The molecule has 0 aliphatic heterocycles. The Morgan fingerprint density at radius 2 is 1.83 bits per heavy atom. The third kappa shape index (κ3) is 5.00. The Morgan fingerprint density at radius 1 is 1.14 bits per heavy atom. The number of carbonyl (C=O) groups is 1. The van der Waals surface area contributed by atoms with Crippen molar-refractivity contribution in [2.24, 2.45) is 11.3 Å². The summed E-state index contributed by atoms with van der Waals surface area (Å²) in [5.41, 5.74) is 2.26. The summed E-state index contributed by atoms with van der Waals surface area (Å²) in [6.07, 6.45) is 5.47. The van der Waals surface area contributed by atoms with E-state index in [-0.39, 0.29) is 11.8 Å². The molecule has 0 spiro atoms. The first kappa shape index (κ1) is 21.0. The molecule has 1 N–H and O–H groups in total. The summed E-state index contributed by atoms with van der Waals surface area (Å²) in [6.45, 7) is 3.99. The molecule has 0 aromatic heterocycles. The van der Waals surface area contributed by atoms with Gasteiger partial charge in [0.05, 0.1) is 10.6 Å². The maximum Gasteiger partial charge on any atom is 0.242 e. The fraction of sp³-hybridized carbons (Fsp3) is 0.360. The van der Waals surface area contributed by atoms with Crippen LogP contribution in [0.25, 0.3) is 0 Å². The molecule has 2 aromatic carbocycles. The number of amides is 1. The lowest BCUT2D eigenvalue weighted by atomic mass is 9.69. The van der Waals surface area contributed by atoms with E-state index < -0.39 is 5.41 Å². The lowest BCUT2D eigenvalue weighted by Gasteiger charge is -2.34. The fourth-order valence-corrected chi connectivity index (χ4v) is 4.03. The van der Waals surface area contributed by atoms with Crippen LogP contribution in [0.3, 0.4) is 0 Å². The van der Waals surface area contributed by atoms with E-state index in [2.05, 4.69) is 17.2 Å². The Hall–Kier alpha value is -2.75. The Balaban J connectivity index is 1.90. The van der Waals surface area contributed by atoms with Gasteiger partial charge in [0.2, 0.25) is 5.91 Å². The zero-order chi connectivity index (χ0) is 20.9. The van der Waals surface area contributed by atoms with Crippen molar-refractivity contribution in [1.29, 1.82) is 5.26 Å². The number of anilines is 1. The molecule has 0 radical (unpaired) electrons. The second-order valence-electron chi connectivity index (χ2n) is 7.91. The van der Waals surface area contributed by atoms with Gasteiger partial charge in [0.15, 0.2) is 0 Å². The van der Waals surface area contributed by atoms with Crippen molar-refractivity contribution in [3.63, 3.8) is 0 Å². The third-order valence-corrected chi connectivity index (χ3v) is 6.07. The minimum absolute atomic E-state index is 0.121. The van der Waals surface area contributed by atoms with Gasteiger partial charge in [0.25, 0.3) is 0 Å². The van der Waals surface area contributed by atoms with Gasteiger partial charge in [-0.25, -0.2) is 0 Å². The molecule has 4 heteroatoms. The number of hydrogen-bond donors (Lipinski definition) is 1. The lowest BCUT2D eigenvalue weighted by Crippen LogP contribution is -2.40. The zero-order valence-corrected chi connectivity index (χ0v) is 17.6. The van der Waals surface area contributed by atoms with Crippen molar-refractivity contribution in [3.05, 3.63) is 64.2 Å². The average Bonchev–Trinajstić information content (AvgIpc) is 2.74. The van der Waals surface area contributed by atoms with E-state index in [0.717, 1.165) is 31.2 Å². The third-order valence-electron chi connectivity index (χ3n) is 5.76. The first-order chi connectivity index (χ1) is 13.9. The highest BCUT2D eigenvalue weighted by molar-refractivity contribution is 6.32. The standard InChI is InChI=1S/C25H25ClN2O/c1-18-8-10-19(11-9-18)14-15-25(2,21-6-4-3-5-7-21)24(29)28-22-13-12-20(17-27)23(26)16-22/h8-13,16,21H,3-7H2,1-2H3,(H,28,29). The van der Waals surface area contributed by atoms with E-state index in [9.17, 15) is 4.79 Å². The van der Waals surface area contributed by atoms with E-state index in [4.69, 9.17) is 16.9 Å². The zero-order valence-electron chi connectivity index (χ0n) is 16.9. The molecule has 1 fully saturated rings. The van der Waals surface area contributed by atoms with Crippen LogP contribution in [0.15, 0.2) is 42.5 Å². The highest BCUT2D eigenvalue weighted by atomic mass is 35.5. The van der Waals surface area contributed by atoms with Crippen molar-refractivity contribution < 1.29 is 4.79 Å². The molecule has 1 atom stereocenters. The maximum absolute atomic E-state index is 13.4. The van der Waals surface area contributed by atoms with Gasteiger partial charge in [0.1, 0.15) is 11.5 Å². The molecule has 1 saturated carbocycles. The summed E-state index contributed by atoms with van der Waals surface area (Å²) < 4.78 is 0. The van der Waals surface area contributed by atoms with E-state index in [1.54, 1.807) is 18.2 Å². The molecule has 1 amide bonds. The predicted molar refractivity (Wildman–Crippen MR) is 118 cm³/mol. The molecule has 1 unspecified atom stereocenters. The van der Waals surface area contributed by atoms with Gasteiger partial charge in [-0.1, -0.05) is 60.4 Å². The van der Waals surface area contributed by atoms with Crippen LogP contribution in [-0.2, 0) is 4.79 Å².